The Morgan fingerprint density at radius 1 is 1.31 bits per heavy atom. The fraction of sp³-hybridized carbons (Fsp3) is 0.100. The molecule has 0 unspecified atom stereocenters. The summed E-state index contributed by atoms with van der Waals surface area (Å²) in [6, 6.07) is 7.94. The van der Waals surface area contributed by atoms with Crippen LogP contribution in [0.1, 0.15) is 5.56 Å². The van der Waals surface area contributed by atoms with E-state index in [1.165, 1.54) is 5.56 Å². The van der Waals surface area contributed by atoms with Crippen molar-refractivity contribution in [2.24, 2.45) is 0 Å². The van der Waals surface area contributed by atoms with Crippen molar-refractivity contribution in [3.63, 3.8) is 0 Å². The zero-order chi connectivity index (χ0) is 9.26. The number of halogens is 1. The van der Waals surface area contributed by atoms with Crippen molar-refractivity contribution in [2.45, 2.75) is 6.92 Å². The fourth-order valence-electron chi connectivity index (χ4n) is 1.17. The minimum Gasteiger partial charge on any atom is -0.364 e. The molecule has 0 fully saturated rings. The number of benzene rings is 1. The zero-order valence-electron chi connectivity index (χ0n) is 7.12. The van der Waals surface area contributed by atoms with Crippen LogP contribution in [0, 0.1) is 6.92 Å². The first-order valence-electron chi connectivity index (χ1n) is 3.94. The monoisotopic (exact) mass is 237 g/mol. The van der Waals surface area contributed by atoms with Gasteiger partial charge in [0.2, 0.25) is 0 Å². The Morgan fingerprint density at radius 3 is 2.77 bits per heavy atom. The van der Waals surface area contributed by atoms with Gasteiger partial charge in [0.25, 0.3) is 0 Å². The summed E-state index contributed by atoms with van der Waals surface area (Å²) in [5.74, 6) is 0. The molecule has 3 heteroatoms. The van der Waals surface area contributed by atoms with Crippen molar-refractivity contribution >= 4 is 15.9 Å². The van der Waals surface area contributed by atoms with Gasteiger partial charge in [-0.15, -0.1) is 0 Å². The van der Waals surface area contributed by atoms with Gasteiger partial charge in [0, 0.05) is 16.1 Å². The number of nitrogens with zero attached hydrogens (tertiary/aromatic N) is 1. The van der Waals surface area contributed by atoms with E-state index in [9.17, 15) is 0 Å². The molecule has 0 saturated heterocycles. The van der Waals surface area contributed by atoms with Crippen molar-refractivity contribution in [3.8, 4) is 11.3 Å². The quantitative estimate of drug-likeness (QED) is 0.760. The van der Waals surface area contributed by atoms with Crippen LogP contribution < -0.4 is 0 Å². The molecule has 13 heavy (non-hydrogen) atoms. The number of hydrogen-bond donors (Lipinski definition) is 0. The van der Waals surface area contributed by atoms with Crippen molar-refractivity contribution in [2.75, 3.05) is 0 Å². The second-order valence-electron chi connectivity index (χ2n) is 2.85. The van der Waals surface area contributed by atoms with Gasteiger partial charge in [-0.05, 0) is 24.6 Å². The molecule has 0 N–H and O–H groups in total. The molecule has 2 rings (SSSR count). The molecule has 0 radical (unpaired) electrons. The first-order chi connectivity index (χ1) is 6.27. The smallest absolute Gasteiger partial charge is 0.124 e. The van der Waals surface area contributed by atoms with Gasteiger partial charge in [-0.2, -0.15) is 0 Å². The summed E-state index contributed by atoms with van der Waals surface area (Å²) in [5, 5.41) is 3.87. The van der Waals surface area contributed by atoms with Crippen LogP contribution >= 0.6 is 15.9 Å². The molecule has 1 heterocycles. The topological polar surface area (TPSA) is 26.0 Å². The van der Waals surface area contributed by atoms with E-state index in [0.717, 1.165) is 15.7 Å². The molecule has 2 aromatic rings. The van der Waals surface area contributed by atoms with Crippen LogP contribution in [0.4, 0.5) is 0 Å². The predicted octanol–water partition coefficient (Wildman–Crippen LogP) is 3.41. The van der Waals surface area contributed by atoms with Crippen molar-refractivity contribution < 1.29 is 4.52 Å². The second kappa shape index (κ2) is 3.34. The highest BCUT2D eigenvalue weighted by atomic mass is 79.9. The average Bonchev–Trinajstić information content (AvgIpc) is 2.62. The minimum atomic E-state index is 0.871. The van der Waals surface area contributed by atoms with Crippen molar-refractivity contribution in [1.29, 1.82) is 0 Å². The van der Waals surface area contributed by atoms with Crippen LogP contribution in [0.2, 0.25) is 0 Å². The highest BCUT2D eigenvalue weighted by Crippen LogP contribution is 2.23. The summed E-state index contributed by atoms with van der Waals surface area (Å²) in [5.41, 5.74) is 3.14. The summed E-state index contributed by atoms with van der Waals surface area (Å²) in [6.45, 7) is 2.05. The summed E-state index contributed by atoms with van der Waals surface area (Å²) in [4.78, 5) is 0. The highest BCUT2D eigenvalue weighted by Gasteiger charge is 2.02. The van der Waals surface area contributed by atoms with E-state index in [0.29, 0.717) is 0 Å². The van der Waals surface area contributed by atoms with E-state index < -0.39 is 0 Å². The third-order valence-electron chi connectivity index (χ3n) is 1.89. The van der Waals surface area contributed by atoms with E-state index in [1.54, 1.807) is 6.26 Å². The van der Waals surface area contributed by atoms with E-state index in [2.05, 4.69) is 27.2 Å². The number of rotatable bonds is 1. The summed E-state index contributed by atoms with van der Waals surface area (Å²) in [7, 11) is 0. The molecule has 0 aliphatic carbocycles. The van der Waals surface area contributed by atoms with Crippen molar-refractivity contribution in [3.05, 3.63) is 40.6 Å². The Bertz CT molecular complexity index is 409. The maximum absolute atomic E-state index is 4.78. The van der Waals surface area contributed by atoms with E-state index in [-0.39, 0.29) is 0 Å². The minimum absolute atomic E-state index is 0.871. The Kier molecular flexibility index (Phi) is 2.19. The zero-order valence-corrected chi connectivity index (χ0v) is 8.71. The highest BCUT2D eigenvalue weighted by molar-refractivity contribution is 9.10. The van der Waals surface area contributed by atoms with Crippen LogP contribution in [0.3, 0.4) is 0 Å². The Hall–Kier alpha value is -1.09. The molecule has 0 spiro atoms. The molecule has 1 aromatic carbocycles. The summed E-state index contributed by atoms with van der Waals surface area (Å²) in [6.07, 6.45) is 1.58. The van der Waals surface area contributed by atoms with Crippen LogP contribution in [-0.4, -0.2) is 5.16 Å². The SMILES string of the molecule is Cc1cc(-c2ccon2)ccc1Br. The molecule has 66 valence electrons. The van der Waals surface area contributed by atoms with Gasteiger partial charge in [0.1, 0.15) is 12.0 Å². The van der Waals surface area contributed by atoms with E-state index in [1.807, 2.05) is 25.1 Å². The molecule has 0 bridgehead atoms. The van der Waals surface area contributed by atoms with Crippen LogP contribution in [0.15, 0.2) is 39.5 Å². The summed E-state index contributed by atoms with van der Waals surface area (Å²) >= 11 is 3.45. The standard InChI is InChI=1S/C10H8BrNO/c1-7-6-8(2-3-9(7)11)10-4-5-13-12-10/h2-6H,1H3. The van der Waals surface area contributed by atoms with Crippen molar-refractivity contribution in [1.82, 2.24) is 5.16 Å². The lowest BCUT2D eigenvalue weighted by Crippen LogP contribution is -1.80. The number of aryl methyl sites for hydroxylation is 1. The van der Waals surface area contributed by atoms with Gasteiger partial charge in [-0.25, -0.2) is 0 Å². The molecule has 0 amide bonds. The largest absolute Gasteiger partial charge is 0.364 e. The molecule has 0 saturated carbocycles. The average molecular weight is 238 g/mol. The number of aromatic nitrogens is 1. The molecular formula is C10H8BrNO. The lowest BCUT2D eigenvalue weighted by molar-refractivity contribution is 0.422. The molecule has 1 aromatic heterocycles. The van der Waals surface area contributed by atoms with Gasteiger partial charge in [-0.3, -0.25) is 0 Å². The van der Waals surface area contributed by atoms with Gasteiger partial charge in [0.15, 0.2) is 0 Å². The van der Waals surface area contributed by atoms with E-state index in [4.69, 9.17) is 4.52 Å². The lowest BCUT2D eigenvalue weighted by Gasteiger charge is -1.99. The Balaban J connectivity index is 2.49. The van der Waals surface area contributed by atoms with E-state index >= 15 is 0 Å². The first kappa shape index (κ1) is 8.51. The van der Waals surface area contributed by atoms with Gasteiger partial charge >= 0.3 is 0 Å². The molecule has 0 aliphatic rings. The van der Waals surface area contributed by atoms with Gasteiger partial charge in [0.05, 0.1) is 0 Å². The predicted molar refractivity (Wildman–Crippen MR) is 54.4 cm³/mol. The Labute approximate surface area is 84.7 Å². The third-order valence-corrected chi connectivity index (χ3v) is 2.78. The maximum Gasteiger partial charge on any atom is 0.124 e. The number of hydrogen-bond acceptors (Lipinski definition) is 2. The molecular weight excluding hydrogens is 230 g/mol. The first-order valence-corrected chi connectivity index (χ1v) is 4.73. The molecule has 0 aliphatic heterocycles. The lowest BCUT2D eigenvalue weighted by atomic mass is 10.1. The van der Waals surface area contributed by atoms with Crippen LogP contribution in [-0.2, 0) is 0 Å². The Morgan fingerprint density at radius 2 is 2.15 bits per heavy atom. The maximum atomic E-state index is 4.78. The summed E-state index contributed by atoms with van der Waals surface area (Å²) < 4.78 is 5.89. The van der Waals surface area contributed by atoms with Gasteiger partial charge in [-0.1, -0.05) is 27.2 Å². The third kappa shape index (κ3) is 1.65. The van der Waals surface area contributed by atoms with Gasteiger partial charge < -0.3 is 4.52 Å². The second-order valence-corrected chi connectivity index (χ2v) is 3.70. The molecule has 2 nitrogen and oxygen atoms in total. The fourth-order valence-corrected chi connectivity index (χ4v) is 1.41. The van der Waals surface area contributed by atoms with Crippen LogP contribution in [0.25, 0.3) is 11.3 Å². The normalized spacial score (nSPS) is 10.3. The van der Waals surface area contributed by atoms with Crippen LogP contribution in [0.5, 0.6) is 0 Å². The molecule has 0 atom stereocenters.